The largest absolute Gasteiger partial charge is 0.450 e. The molecule has 0 bridgehead atoms. The Kier molecular flexibility index (Phi) is 8.60. The first kappa shape index (κ1) is 22.7. The summed E-state index contributed by atoms with van der Waals surface area (Å²) in [5.41, 5.74) is 7.33. The number of carbonyl (C=O) groups is 1. The van der Waals surface area contributed by atoms with E-state index in [0.29, 0.717) is 50.4 Å². The van der Waals surface area contributed by atoms with Crippen LogP contribution in [0.3, 0.4) is 0 Å². The highest BCUT2D eigenvalue weighted by molar-refractivity contribution is 6.30. The lowest BCUT2D eigenvalue weighted by atomic mass is 10.0. The van der Waals surface area contributed by atoms with Gasteiger partial charge in [0, 0.05) is 37.2 Å². The van der Waals surface area contributed by atoms with Crippen molar-refractivity contribution in [2.45, 2.75) is 31.8 Å². The Morgan fingerprint density at radius 2 is 2.07 bits per heavy atom. The monoisotopic (exact) mass is 437 g/mol. The number of aliphatic imine (C=N–C) groups is 1. The Balaban J connectivity index is 1.56. The molecule has 2 aliphatic rings. The number of amides is 1. The number of piperidine rings is 1. The fraction of sp³-hybridized carbons (Fsp3) is 0.619. The van der Waals surface area contributed by atoms with Crippen LogP contribution in [0.15, 0.2) is 29.3 Å². The average molecular weight is 438 g/mol. The van der Waals surface area contributed by atoms with Gasteiger partial charge in [0.2, 0.25) is 0 Å². The maximum absolute atomic E-state index is 11.8. The van der Waals surface area contributed by atoms with Gasteiger partial charge < -0.3 is 25.4 Å². The molecule has 3 rings (SSSR count). The Morgan fingerprint density at radius 3 is 2.73 bits per heavy atom. The zero-order valence-electron chi connectivity index (χ0n) is 17.6. The molecule has 2 heterocycles. The summed E-state index contributed by atoms with van der Waals surface area (Å²) in [5, 5.41) is 4.03. The summed E-state index contributed by atoms with van der Waals surface area (Å²) in [7, 11) is 0. The van der Waals surface area contributed by atoms with Gasteiger partial charge >= 0.3 is 6.09 Å². The fourth-order valence-corrected chi connectivity index (χ4v) is 4.09. The Morgan fingerprint density at radius 1 is 1.33 bits per heavy atom. The normalized spacial score (nSPS) is 20.1. The van der Waals surface area contributed by atoms with Crippen LogP contribution in [0.25, 0.3) is 0 Å². The molecule has 0 spiro atoms. The molecule has 1 amide bonds. The number of ether oxygens (including phenoxy) is 2. The Labute approximate surface area is 183 Å². The van der Waals surface area contributed by atoms with E-state index in [4.69, 9.17) is 26.8 Å². The SMILES string of the molecule is CCOC(=O)N1CCC(NC(N)=NCC(c2cccc(Cl)c2)N2CCOCC2)CC1. The molecular weight excluding hydrogens is 406 g/mol. The third-order valence-electron chi connectivity index (χ3n) is 5.53. The first-order chi connectivity index (χ1) is 14.6. The summed E-state index contributed by atoms with van der Waals surface area (Å²) >= 11 is 6.22. The molecule has 0 aliphatic carbocycles. The van der Waals surface area contributed by atoms with Crippen molar-refractivity contribution in [1.82, 2.24) is 15.1 Å². The fourth-order valence-electron chi connectivity index (χ4n) is 3.90. The second-order valence-corrected chi connectivity index (χ2v) is 7.99. The third-order valence-corrected chi connectivity index (χ3v) is 5.76. The Hall–Kier alpha value is -2.03. The molecule has 0 saturated carbocycles. The van der Waals surface area contributed by atoms with Crippen LogP contribution in [0.1, 0.15) is 31.4 Å². The van der Waals surface area contributed by atoms with Crippen LogP contribution in [0.4, 0.5) is 4.79 Å². The summed E-state index contributed by atoms with van der Waals surface area (Å²) in [6, 6.07) is 8.21. The molecule has 2 saturated heterocycles. The van der Waals surface area contributed by atoms with E-state index in [-0.39, 0.29) is 18.2 Å². The van der Waals surface area contributed by atoms with E-state index in [9.17, 15) is 4.79 Å². The van der Waals surface area contributed by atoms with Gasteiger partial charge in [-0.3, -0.25) is 9.89 Å². The molecule has 30 heavy (non-hydrogen) atoms. The van der Waals surface area contributed by atoms with E-state index < -0.39 is 0 Å². The highest BCUT2D eigenvalue weighted by Crippen LogP contribution is 2.25. The number of rotatable bonds is 6. The van der Waals surface area contributed by atoms with Crippen molar-refractivity contribution in [3.63, 3.8) is 0 Å². The average Bonchev–Trinajstić information content (AvgIpc) is 2.75. The molecule has 166 valence electrons. The number of benzene rings is 1. The molecule has 8 nitrogen and oxygen atoms in total. The summed E-state index contributed by atoms with van der Waals surface area (Å²) in [5.74, 6) is 0.435. The zero-order chi connectivity index (χ0) is 21.3. The van der Waals surface area contributed by atoms with E-state index in [0.717, 1.165) is 31.5 Å². The number of hydrogen-bond donors (Lipinski definition) is 2. The zero-order valence-corrected chi connectivity index (χ0v) is 18.3. The van der Waals surface area contributed by atoms with Crippen LogP contribution in [0.2, 0.25) is 5.02 Å². The van der Waals surface area contributed by atoms with Crippen LogP contribution >= 0.6 is 11.6 Å². The quantitative estimate of drug-likeness (QED) is 0.523. The molecule has 1 unspecified atom stereocenters. The van der Waals surface area contributed by atoms with Crippen molar-refractivity contribution in [2.75, 3.05) is 52.5 Å². The molecule has 0 radical (unpaired) electrons. The number of likely N-dealkylation sites (tertiary alicyclic amines) is 1. The van der Waals surface area contributed by atoms with E-state index in [1.807, 2.05) is 25.1 Å². The standard InChI is InChI=1S/C21H32ClN5O3/c1-2-30-21(28)27-8-6-18(7-9-27)25-20(23)24-15-19(26-10-12-29-13-11-26)16-4-3-5-17(22)14-16/h3-5,14,18-19H,2,6-13,15H2,1H3,(H3,23,24,25). The van der Waals surface area contributed by atoms with Crippen LogP contribution in [-0.4, -0.2) is 80.4 Å². The van der Waals surface area contributed by atoms with Crippen molar-refractivity contribution in [1.29, 1.82) is 0 Å². The molecule has 2 aliphatic heterocycles. The minimum absolute atomic E-state index is 0.0959. The molecule has 0 aromatic heterocycles. The number of hydrogen-bond acceptors (Lipinski definition) is 5. The molecule has 1 atom stereocenters. The minimum atomic E-state index is -0.243. The van der Waals surface area contributed by atoms with Gasteiger partial charge in [0.05, 0.1) is 32.4 Å². The van der Waals surface area contributed by atoms with Gasteiger partial charge in [-0.15, -0.1) is 0 Å². The lowest BCUT2D eigenvalue weighted by Gasteiger charge is -2.34. The van der Waals surface area contributed by atoms with Gasteiger partial charge in [0.1, 0.15) is 0 Å². The Bertz CT molecular complexity index is 718. The number of halogens is 1. The number of nitrogens with two attached hydrogens (primary N) is 1. The van der Waals surface area contributed by atoms with Crippen LogP contribution in [0, 0.1) is 0 Å². The van der Waals surface area contributed by atoms with Gasteiger partial charge in [-0.1, -0.05) is 23.7 Å². The van der Waals surface area contributed by atoms with Crippen molar-refractivity contribution in [2.24, 2.45) is 10.7 Å². The maximum Gasteiger partial charge on any atom is 0.409 e. The molecule has 3 N–H and O–H groups in total. The van der Waals surface area contributed by atoms with E-state index in [1.54, 1.807) is 4.90 Å². The molecule has 9 heteroatoms. The van der Waals surface area contributed by atoms with Crippen LogP contribution in [-0.2, 0) is 9.47 Å². The first-order valence-corrected chi connectivity index (χ1v) is 11.0. The van der Waals surface area contributed by atoms with Crippen molar-refractivity contribution < 1.29 is 14.3 Å². The minimum Gasteiger partial charge on any atom is -0.450 e. The van der Waals surface area contributed by atoms with E-state index >= 15 is 0 Å². The smallest absolute Gasteiger partial charge is 0.409 e. The highest BCUT2D eigenvalue weighted by atomic mass is 35.5. The topological polar surface area (TPSA) is 92.4 Å². The van der Waals surface area contributed by atoms with Gasteiger partial charge in [0.25, 0.3) is 0 Å². The lowest BCUT2D eigenvalue weighted by Crippen LogP contribution is -2.48. The summed E-state index contributed by atoms with van der Waals surface area (Å²) < 4.78 is 10.6. The van der Waals surface area contributed by atoms with Crippen molar-refractivity contribution >= 4 is 23.7 Å². The molecule has 1 aromatic carbocycles. The number of carbonyl (C=O) groups excluding carboxylic acids is 1. The predicted molar refractivity (Wildman–Crippen MR) is 118 cm³/mol. The summed E-state index contributed by atoms with van der Waals surface area (Å²) in [4.78, 5) is 20.6. The van der Waals surface area contributed by atoms with Gasteiger partial charge in [-0.05, 0) is 37.5 Å². The van der Waals surface area contributed by atoms with E-state index in [1.165, 1.54) is 0 Å². The second-order valence-electron chi connectivity index (χ2n) is 7.55. The van der Waals surface area contributed by atoms with Gasteiger partial charge in [0.15, 0.2) is 5.96 Å². The highest BCUT2D eigenvalue weighted by Gasteiger charge is 2.25. The lowest BCUT2D eigenvalue weighted by molar-refractivity contribution is 0.0180. The number of morpholine rings is 1. The van der Waals surface area contributed by atoms with E-state index in [2.05, 4.69) is 21.3 Å². The molecule has 1 aromatic rings. The number of nitrogens with one attached hydrogen (secondary N) is 1. The van der Waals surface area contributed by atoms with Crippen LogP contribution in [0.5, 0.6) is 0 Å². The second kappa shape index (κ2) is 11.4. The van der Waals surface area contributed by atoms with Crippen LogP contribution < -0.4 is 11.1 Å². The number of nitrogens with zero attached hydrogens (tertiary/aromatic N) is 3. The van der Waals surface area contributed by atoms with Gasteiger partial charge in [-0.25, -0.2) is 4.79 Å². The summed E-state index contributed by atoms with van der Waals surface area (Å²) in [6.45, 7) is 7.20. The maximum atomic E-state index is 11.8. The number of guanidine groups is 1. The molecular formula is C21H32ClN5O3. The van der Waals surface area contributed by atoms with Crippen molar-refractivity contribution in [3.05, 3.63) is 34.9 Å². The predicted octanol–water partition coefficient (Wildman–Crippen LogP) is 2.24. The van der Waals surface area contributed by atoms with Gasteiger partial charge in [-0.2, -0.15) is 0 Å². The summed E-state index contributed by atoms with van der Waals surface area (Å²) in [6.07, 6.45) is 1.39. The third kappa shape index (κ3) is 6.48. The first-order valence-electron chi connectivity index (χ1n) is 10.6. The van der Waals surface area contributed by atoms with Crippen molar-refractivity contribution in [3.8, 4) is 0 Å². The molecule has 2 fully saturated rings.